The van der Waals surface area contributed by atoms with E-state index in [1.54, 1.807) is 26.2 Å². The summed E-state index contributed by atoms with van der Waals surface area (Å²) >= 11 is 0. The molecule has 0 bridgehead atoms. The molecule has 1 unspecified atom stereocenters. The van der Waals surface area contributed by atoms with Crippen molar-refractivity contribution in [2.75, 3.05) is 19.3 Å². The smallest absolute Gasteiger partial charge is 0.270 e. The highest BCUT2D eigenvalue weighted by Gasteiger charge is 2.19. The SMILES string of the molecule is CC(O)CN(C)C(=O)c1cc(N)cn1C(C)C. The van der Waals surface area contributed by atoms with Crippen LogP contribution in [0.25, 0.3) is 0 Å². The second kappa shape index (κ2) is 5.23. The Kier molecular flexibility index (Phi) is 4.17. The summed E-state index contributed by atoms with van der Waals surface area (Å²) in [5.74, 6) is -0.128. The number of aliphatic hydroxyl groups excluding tert-OH is 1. The molecule has 1 heterocycles. The Morgan fingerprint density at radius 2 is 2.12 bits per heavy atom. The molecule has 0 aliphatic carbocycles. The lowest BCUT2D eigenvalue weighted by Gasteiger charge is -2.20. The molecule has 1 rings (SSSR count). The van der Waals surface area contributed by atoms with E-state index in [-0.39, 0.29) is 11.9 Å². The Bertz CT molecular complexity index is 396. The topological polar surface area (TPSA) is 71.5 Å². The van der Waals surface area contributed by atoms with Crippen LogP contribution in [0.2, 0.25) is 0 Å². The molecule has 3 N–H and O–H groups in total. The number of carbonyl (C=O) groups is 1. The molecule has 5 nitrogen and oxygen atoms in total. The molecule has 0 aromatic carbocycles. The van der Waals surface area contributed by atoms with Crippen LogP contribution in [0.15, 0.2) is 12.3 Å². The maximum absolute atomic E-state index is 12.2. The number of hydrogen-bond acceptors (Lipinski definition) is 3. The van der Waals surface area contributed by atoms with Gasteiger partial charge in [-0.05, 0) is 26.8 Å². The van der Waals surface area contributed by atoms with E-state index in [0.717, 1.165) is 0 Å². The molecule has 1 aromatic rings. The third kappa shape index (κ3) is 3.23. The lowest BCUT2D eigenvalue weighted by molar-refractivity contribution is 0.0692. The number of likely N-dealkylation sites (N-methyl/N-ethyl adjacent to an activating group) is 1. The fourth-order valence-electron chi connectivity index (χ4n) is 1.77. The van der Waals surface area contributed by atoms with Gasteiger partial charge in [-0.1, -0.05) is 0 Å². The zero-order valence-electron chi connectivity index (χ0n) is 10.8. The second-order valence-corrected chi connectivity index (χ2v) is 4.69. The van der Waals surface area contributed by atoms with Crippen LogP contribution in [0.3, 0.4) is 0 Å². The summed E-state index contributed by atoms with van der Waals surface area (Å²) in [6.07, 6.45) is 1.22. The predicted molar refractivity (Wildman–Crippen MR) is 67.9 cm³/mol. The molecule has 0 spiro atoms. The summed E-state index contributed by atoms with van der Waals surface area (Å²) < 4.78 is 1.84. The average Bonchev–Trinajstić information content (AvgIpc) is 2.58. The van der Waals surface area contributed by atoms with Gasteiger partial charge in [0.05, 0.1) is 11.8 Å². The van der Waals surface area contributed by atoms with Gasteiger partial charge in [0, 0.05) is 25.8 Å². The maximum atomic E-state index is 12.2. The summed E-state index contributed by atoms with van der Waals surface area (Å²) in [6.45, 7) is 5.94. The van der Waals surface area contributed by atoms with Gasteiger partial charge in [0.25, 0.3) is 5.91 Å². The number of nitrogens with two attached hydrogens (primary N) is 1. The summed E-state index contributed by atoms with van der Waals surface area (Å²) in [5.41, 5.74) is 6.85. The number of nitrogens with zero attached hydrogens (tertiary/aromatic N) is 2. The molecule has 1 amide bonds. The minimum absolute atomic E-state index is 0.128. The van der Waals surface area contributed by atoms with Crippen LogP contribution in [0.4, 0.5) is 5.69 Å². The quantitative estimate of drug-likeness (QED) is 0.826. The zero-order chi connectivity index (χ0) is 13.2. The predicted octanol–water partition coefficient (Wildman–Crippen LogP) is 1.10. The van der Waals surface area contributed by atoms with Crippen LogP contribution in [0.5, 0.6) is 0 Å². The van der Waals surface area contributed by atoms with Gasteiger partial charge in [0.1, 0.15) is 5.69 Å². The minimum atomic E-state index is -0.538. The van der Waals surface area contributed by atoms with Crippen LogP contribution in [0.1, 0.15) is 37.3 Å². The maximum Gasteiger partial charge on any atom is 0.270 e. The van der Waals surface area contributed by atoms with E-state index in [4.69, 9.17) is 5.73 Å². The Hall–Kier alpha value is -1.49. The van der Waals surface area contributed by atoms with Gasteiger partial charge in [-0.15, -0.1) is 0 Å². The molecule has 0 aliphatic heterocycles. The summed E-state index contributed by atoms with van der Waals surface area (Å²) in [7, 11) is 1.67. The van der Waals surface area contributed by atoms with E-state index < -0.39 is 6.10 Å². The number of amides is 1. The molecule has 1 atom stereocenters. The lowest BCUT2D eigenvalue weighted by Crippen LogP contribution is -2.34. The first-order valence-electron chi connectivity index (χ1n) is 5.73. The standard InChI is InChI=1S/C12H21N3O2/c1-8(2)15-7-10(13)5-11(15)12(17)14(4)6-9(3)16/h5,7-9,16H,6,13H2,1-4H3. The fourth-order valence-corrected chi connectivity index (χ4v) is 1.77. The van der Waals surface area contributed by atoms with Crippen molar-refractivity contribution in [1.29, 1.82) is 0 Å². The fraction of sp³-hybridized carbons (Fsp3) is 0.583. The molecule has 0 radical (unpaired) electrons. The van der Waals surface area contributed by atoms with Crippen LogP contribution in [-0.4, -0.2) is 40.2 Å². The van der Waals surface area contributed by atoms with E-state index in [1.807, 2.05) is 18.4 Å². The molecule has 0 saturated carbocycles. The van der Waals surface area contributed by atoms with E-state index in [9.17, 15) is 9.90 Å². The van der Waals surface area contributed by atoms with Crippen molar-refractivity contribution in [3.63, 3.8) is 0 Å². The lowest BCUT2D eigenvalue weighted by atomic mass is 10.3. The second-order valence-electron chi connectivity index (χ2n) is 4.69. The third-order valence-corrected chi connectivity index (χ3v) is 2.53. The monoisotopic (exact) mass is 239 g/mol. The highest BCUT2D eigenvalue weighted by atomic mass is 16.3. The van der Waals surface area contributed by atoms with Crippen LogP contribution in [0, 0.1) is 0 Å². The average molecular weight is 239 g/mol. The number of nitrogen functional groups attached to an aromatic ring is 1. The summed E-state index contributed by atoms with van der Waals surface area (Å²) in [6, 6.07) is 1.84. The van der Waals surface area contributed by atoms with Crippen molar-refractivity contribution < 1.29 is 9.90 Å². The molecule has 0 aliphatic rings. The van der Waals surface area contributed by atoms with Gasteiger partial charge in [0.15, 0.2) is 0 Å². The first-order chi connectivity index (χ1) is 7.82. The molecule has 96 valence electrons. The number of carbonyl (C=O) groups excluding carboxylic acids is 1. The number of rotatable bonds is 4. The molecule has 1 aromatic heterocycles. The number of hydrogen-bond donors (Lipinski definition) is 2. The van der Waals surface area contributed by atoms with E-state index >= 15 is 0 Å². The van der Waals surface area contributed by atoms with E-state index in [1.165, 1.54) is 4.90 Å². The first-order valence-corrected chi connectivity index (χ1v) is 5.73. The van der Waals surface area contributed by atoms with Gasteiger partial charge in [-0.3, -0.25) is 4.79 Å². The molecular weight excluding hydrogens is 218 g/mol. The Morgan fingerprint density at radius 1 is 1.53 bits per heavy atom. The molecule has 17 heavy (non-hydrogen) atoms. The Labute approximate surface area is 102 Å². The normalized spacial score (nSPS) is 12.8. The molecule has 5 heteroatoms. The summed E-state index contributed by atoms with van der Waals surface area (Å²) in [5, 5.41) is 9.28. The van der Waals surface area contributed by atoms with Crippen molar-refractivity contribution in [3.8, 4) is 0 Å². The Balaban J connectivity index is 2.95. The highest BCUT2D eigenvalue weighted by Crippen LogP contribution is 2.17. The largest absolute Gasteiger partial charge is 0.397 e. The third-order valence-electron chi connectivity index (χ3n) is 2.53. The van der Waals surface area contributed by atoms with Gasteiger partial charge in [0.2, 0.25) is 0 Å². The minimum Gasteiger partial charge on any atom is -0.397 e. The van der Waals surface area contributed by atoms with Crippen molar-refractivity contribution in [3.05, 3.63) is 18.0 Å². The number of aliphatic hydroxyl groups is 1. The van der Waals surface area contributed by atoms with Crippen LogP contribution >= 0.6 is 0 Å². The van der Waals surface area contributed by atoms with Gasteiger partial charge in [-0.25, -0.2) is 0 Å². The number of anilines is 1. The highest BCUT2D eigenvalue weighted by molar-refractivity contribution is 5.93. The van der Waals surface area contributed by atoms with Crippen molar-refractivity contribution in [1.82, 2.24) is 9.47 Å². The van der Waals surface area contributed by atoms with Gasteiger partial charge in [-0.2, -0.15) is 0 Å². The van der Waals surface area contributed by atoms with E-state index in [0.29, 0.717) is 17.9 Å². The van der Waals surface area contributed by atoms with Gasteiger partial charge < -0.3 is 20.3 Å². The molecule has 0 saturated heterocycles. The van der Waals surface area contributed by atoms with Crippen molar-refractivity contribution >= 4 is 11.6 Å². The molecule has 0 fully saturated rings. The van der Waals surface area contributed by atoms with Crippen molar-refractivity contribution in [2.45, 2.75) is 32.9 Å². The summed E-state index contributed by atoms with van der Waals surface area (Å²) in [4.78, 5) is 13.7. The zero-order valence-corrected chi connectivity index (χ0v) is 10.8. The first kappa shape index (κ1) is 13.6. The molecular formula is C12H21N3O2. The van der Waals surface area contributed by atoms with Gasteiger partial charge >= 0.3 is 0 Å². The van der Waals surface area contributed by atoms with Crippen molar-refractivity contribution in [2.24, 2.45) is 0 Å². The van der Waals surface area contributed by atoms with Crippen LogP contribution < -0.4 is 5.73 Å². The van der Waals surface area contributed by atoms with E-state index in [2.05, 4.69) is 0 Å². The Morgan fingerprint density at radius 3 is 2.59 bits per heavy atom. The number of aromatic nitrogens is 1. The van der Waals surface area contributed by atoms with Crippen LogP contribution in [-0.2, 0) is 0 Å².